The Morgan fingerprint density at radius 1 is 1.40 bits per heavy atom. The number of thiocarbonyl (C=S) groups is 1. The second-order valence-electron chi connectivity index (χ2n) is 5.25. The Balaban J connectivity index is 1.67. The summed E-state index contributed by atoms with van der Waals surface area (Å²) in [5.41, 5.74) is 1.95. The van der Waals surface area contributed by atoms with Crippen molar-refractivity contribution in [3.05, 3.63) is 41.5 Å². The van der Waals surface area contributed by atoms with Gasteiger partial charge in [-0.2, -0.15) is 0 Å². The lowest BCUT2D eigenvalue weighted by atomic mass is 10.1. The zero-order valence-corrected chi connectivity index (χ0v) is 15.3. The molecule has 2 rings (SSSR count). The van der Waals surface area contributed by atoms with Crippen LogP contribution in [0.5, 0.6) is 0 Å². The van der Waals surface area contributed by atoms with Crippen LogP contribution in [0.3, 0.4) is 0 Å². The minimum absolute atomic E-state index is 0.0583. The summed E-state index contributed by atoms with van der Waals surface area (Å²) in [6, 6.07) is 7.61. The van der Waals surface area contributed by atoms with E-state index >= 15 is 0 Å². The minimum atomic E-state index is -0.592. The van der Waals surface area contributed by atoms with Crippen molar-refractivity contribution in [1.82, 2.24) is 10.2 Å². The molecule has 25 heavy (non-hydrogen) atoms. The van der Waals surface area contributed by atoms with Gasteiger partial charge in [0.2, 0.25) is 5.91 Å². The highest BCUT2D eigenvalue weighted by Gasteiger charge is 2.25. The predicted molar refractivity (Wildman–Crippen MR) is 101 cm³/mol. The van der Waals surface area contributed by atoms with Gasteiger partial charge in [-0.25, -0.2) is 4.79 Å². The van der Waals surface area contributed by atoms with Crippen LogP contribution in [-0.2, 0) is 19.1 Å². The number of benzene rings is 1. The van der Waals surface area contributed by atoms with Gasteiger partial charge in [-0.05, 0) is 24.1 Å². The van der Waals surface area contributed by atoms with Crippen molar-refractivity contribution in [2.24, 2.45) is 0 Å². The van der Waals surface area contributed by atoms with Crippen LogP contribution < -0.4 is 5.32 Å². The molecule has 0 radical (unpaired) electrons. The molecule has 8 heteroatoms. The van der Waals surface area contributed by atoms with E-state index in [1.54, 1.807) is 6.08 Å². The van der Waals surface area contributed by atoms with E-state index in [4.69, 9.17) is 17.0 Å². The predicted octanol–water partition coefficient (Wildman–Crippen LogP) is 1.53. The van der Waals surface area contributed by atoms with Crippen molar-refractivity contribution in [2.45, 2.75) is 6.92 Å². The highest BCUT2D eigenvalue weighted by atomic mass is 32.2. The quantitative estimate of drug-likeness (QED) is 0.441. The maximum atomic E-state index is 11.7. The van der Waals surface area contributed by atoms with Crippen LogP contribution in [0.1, 0.15) is 11.1 Å². The first kappa shape index (κ1) is 19.1. The molecule has 1 aromatic carbocycles. The van der Waals surface area contributed by atoms with Crippen LogP contribution in [0.2, 0.25) is 0 Å². The summed E-state index contributed by atoms with van der Waals surface area (Å²) in [6.45, 7) is 2.14. The third kappa shape index (κ3) is 5.99. The summed E-state index contributed by atoms with van der Waals surface area (Å²) < 4.78 is 5.40. The van der Waals surface area contributed by atoms with Crippen molar-refractivity contribution < 1.29 is 19.1 Å². The Morgan fingerprint density at radius 2 is 2.16 bits per heavy atom. The minimum Gasteiger partial charge on any atom is -0.452 e. The Labute approximate surface area is 155 Å². The van der Waals surface area contributed by atoms with Gasteiger partial charge >= 0.3 is 5.97 Å². The van der Waals surface area contributed by atoms with Gasteiger partial charge in [-0.15, -0.1) is 0 Å². The van der Waals surface area contributed by atoms with Crippen LogP contribution in [0, 0.1) is 6.92 Å². The Kier molecular flexibility index (Phi) is 7.15. The molecule has 0 spiro atoms. The molecule has 0 aromatic heterocycles. The molecule has 1 heterocycles. The molecule has 1 aliphatic rings. The second-order valence-corrected chi connectivity index (χ2v) is 6.86. The highest BCUT2D eigenvalue weighted by molar-refractivity contribution is 8.23. The van der Waals surface area contributed by atoms with Gasteiger partial charge in [0.1, 0.15) is 4.32 Å². The second kappa shape index (κ2) is 9.33. The molecule has 0 saturated carbocycles. The number of hydrogen-bond acceptors (Lipinski definition) is 6. The summed E-state index contributed by atoms with van der Waals surface area (Å²) in [5, 5.41) is 2.59. The lowest BCUT2D eigenvalue weighted by Gasteiger charge is -2.14. The van der Waals surface area contributed by atoms with Crippen molar-refractivity contribution in [2.75, 3.05) is 25.4 Å². The van der Waals surface area contributed by atoms with Crippen molar-refractivity contribution >= 4 is 52.2 Å². The van der Waals surface area contributed by atoms with Crippen molar-refractivity contribution in [1.29, 1.82) is 0 Å². The van der Waals surface area contributed by atoms with Crippen molar-refractivity contribution in [3.8, 4) is 0 Å². The number of hydrogen-bond donors (Lipinski definition) is 1. The van der Waals surface area contributed by atoms with Gasteiger partial charge in [0.15, 0.2) is 6.61 Å². The van der Waals surface area contributed by atoms with E-state index in [9.17, 15) is 14.4 Å². The fourth-order valence-electron chi connectivity index (χ4n) is 2.07. The summed E-state index contributed by atoms with van der Waals surface area (Å²) in [7, 11) is 0. The average Bonchev–Trinajstić information content (AvgIpc) is 2.91. The molecule has 0 atom stereocenters. The third-order valence-electron chi connectivity index (χ3n) is 3.43. The number of aryl methyl sites for hydroxylation is 1. The number of nitrogens with one attached hydrogen (secondary N) is 1. The SMILES string of the molecule is Cc1ccccc1/C=C/C(=O)OCC(=O)NCCN1C(=O)CSC1=S. The summed E-state index contributed by atoms with van der Waals surface area (Å²) in [4.78, 5) is 36.3. The number of carbonyl (C=O) groups excluding carboxylic acids is 3. The first-order valence-corrected chi connectivity index (χ1v) is 9.01. The molecular formula is C17H18N2O4S2. The van der Waals surface area contributed by atoms with Gasteiger partial charge < -0.3 is 10.1 Å². The lowest BCUT2D eigenvalue weighted by Crippen LogP contribution is -2.38. The number of ether oxygens (including phenoxy) is 1. The van der Waals surface area contributed by atoms with Gasteiger partial charge in [-0.3, -0.25) is 14.5 Å². The summed E-state index contributed by atoms with van der Waals surface area (Å²) in [5.74, 6) is -0.733. The smallest absolute Gasteiger partial charge is 0.331 e. The zero-order chi connectivity index (χ0) is 18.2. The largest absolute Gasteiger partial charge is 0.452 e. The topological polar surface area (TPSA) is 75.7 Å². The Hall–Kier alpha value is -2.19. The molecule has 132 valence electrons. The molecule has 1 aliphatic heterocycles. The van der Waals surface area contributed by atoms with Crippen LogP contribution in [0.4, 0.5) is 0 Å². The van der Waals surface area contributed by atoms with Crippen LogP contribution >= 0.6 is 24.0 Å². The van der Waals surface area contributed by atoms with E-state index in [2.05, 4.69) is 5.32 Å². The van der Waals surface area contributed by atoms with E-state index in [0.717, 1.165) is 11.1 Å². The third-order valence-corrected chi connectivity index (χ3v) is 4.86. The number of esters is 1. The fraction of sp³-hybridized carbons (Fsp3) is 0.294. The molecule has 0 bridgehead atoms. The summed E-state index contributed by atoms with van der Waals surface area (Å²) in [6.07, 6.45) is 2.93. The van der Waals surface area contributed by atoms with E-state index < -0.39 is 11.9 Å². The maximum Gasteiger partial charge on any atom is 0.331 e. The van der Waals surface area contributed by atoms with Gasteiger partial charge in [0.05, 0.1) is 5.75 Å². The van der Waals surface area contributed by atoms with E-state index in [0.29, 0.717) is 16.6 Å². The number of thioether (sulfide) groups is 1. The van der Waals surface area contributed by atoms with Crippen molar-refractivity contribution in [3.63, 3.8) is 0 Å². The first-order chi connectivity index (χ1) is 12.0. The van der Waals surface area contributed by atoms with E-state index in [1.807, 2.05) is 31.2 Å². The molecule has 1 N–H and O–H groups in total. The fourth-order valence-corrected chi connectivity index (χ4v) is 3.19. The monoisotopic (exact) mass is 378 g/mol. The van der Waals surface area contributed by atoms with E-state index in [-0.39, 0.29) is 19.1 Å². The lowest BCUT2D eigenvalue weighted by molar-refractivity contribution is -0.143. The van der Waals surface area contributed by atoms with Crippen LogP contribution in [0.15, 0.2) is 30.3 Å². The molecular weight excluding hydrogens is 360 g/mol. The zero-order valence-electron chi connectivity index (χ0n) is 13.7. The summed E-state index contributed by atoms with van der Waals surface area (Å²) >= 11 is 6.35. The maximum absolute atomic E-state index is 11.7. The highest BCUT2D eigenvalue weighted by Crippen LogP contribution is 2.18. The van der Waals surface area contributed by atoms with E-state index in [1.165, 1.54) is 22.7 Å². The Morgan fingerprint density at radius 3 is 2.84 bits per heavy atom. The number of nitrogens with zero attached hydrogens (tertiary/aromatic N) is 1. The molecule has 0 unspecified atom stereocenters. The molecule has 1 saturated heterocycles. The van der Waals surface area contributed by atoms with Gasteiger partial charge in [0.25, 0.3) is 5.91 Å². The molecule has 1 fully saturated rings. The first-order valence-electron chi connectivity index (χ1n) is 7.61. The van der Waals surface area contributed by atoms with Gasteiger partial charge in [-0.1, -0.05) is 48.2 Å². The normalized spacial score (nSPS) is 14.2. The Bertz CT molecular complexity index is 702. The molecule has 2 amide bonds. The number of amides is 2. The molecule has 6 nitrogen and oxygen atoms in total. The van der Waals surface area contributed by atoms with Crippen LogP contribution in [0.25, 0.3) is 6.08 Å². The average molecular weight is 378 g/mol. The number of carbonyl (C=O) groups is 3. The van der Waals surface area contributed by atoms with Crippen LogP contribution in [-0.4, -0.2) is 52.5 Å². The number of rotatable bonds is 7. The molecule has 1 aromatic rings. The van der Waals surface area contributed by atoms with Gasteiger partial charge in [0, 0.05) is 19.2 Å². The standard InChI is InChI=1S/C17H18N2O4S2/c1-12-4-2-3-5-13(12)6-7-16(22)23-10-14(20)18-8-9-19-15(21)11-25-17(19)24/h2-7H,8-11H2,1H3,(H,18,20)/b7-6+. The molecule has 0 aliphatic carbocycles.